The maximum Gasteiger partial charge on any atom is 0.142 e. The summed E-state index contributed by atoms with van der Waals surface area (Å²) >= 11 is 0. The molecule has 0 spiro atoms. The maximum absolute atomic E-state index is 13.2. The molecule has 0 saturated carbocycles. The van der Waals surface area contributed by atoms with Gasteiger partial charge in [-0.25, -0.2) is 4.39 Å². The summed E-state index contributed by atoms with van der Waals surface area (Å²) in [6.07, 6.45) is 0. The van der Waals surface area contributed by atoms with Gasteiger partial charge >= 0.3 is 0 Å². The van der Waals surface area contributed by atoms with Crippen LogP contribution in [0.1, 0.15) is 17.2 Å². The van der Waals surface area contributed by atoms with Gasteiger partial charge < -0.3 is 10.1 Å². The molecule has 0 fully saturated rings. The first-order chi connectivity index (χ1) is 8.72. The van der Waals surface area contributed by atoms with E-state index < -0.39 is 0 Å². The zero-order valence-corrected chi connectivity index (χ0v) is 10.1. The fourth-order valence-corrected chi connectivity index (χ4v) is 2.17. The molecule has 2 aromatic carbocycles. The molecule has 0 unspecified atom stereocenters. The summed E-state index contributed by atoms with van der Waals surface area (Å²) in [5.74, 6) is 0.645. The Kier molecular flexibility index (Phi) is 2.67. The van der Waals surface area contributed by atoms with Crippen LogP contribution in [0.25, 0.3) is 0 Å². The molecule has 0 aromatic heterocycles. The van der Waals surface area contributed by atoms with Crippen LogP contribution < -0.4 is 10.1 Å². The minimum Gasteiger partial charge on any atom is -0.489 e. The van der Waals surface area contributed by atoms with Crippen LogP contribution in [0.5, 0.6) is 5.75 Å². The zero-order valence-electron chi connectivity index (χ0n) is 10.1. The highest BCUT2D eigenvalue weighted by Gasteiger charge is 2.20. The summed E-state index contributed by atoms with van der Waals surface area (Å²) in [5.41, 5.74) is 3.03. The Morgan fingerprint density at radius 1 is 1.22 bits per heavy atom. The van der Waals surface area contributed by atoms with Crippen LogP contribution >= 0.6 is 0 Å². The molecule has 2 aromatic rings. The fraction of sp³-hybridized carbons (Fsp3) is 0.200. The minimum atomic E-state index is -0.219. The van der Waals surface area contributed by atoms with Gasteiger partial charge in [0.2, 0.25) is 0 Å². The van der Waals surface area contributed by atoms with Crippen molar-refractivity contribution in [3.63, 3.8) is 0 Å². The molecule has 0 radical (unpaired) electrons. The van der Waals surface area contributed by atoms with Crippen molar-refractivity contribution in [2.75, 3.05) is 11.9 Å². The first-order valence-electron chi connectivity index (χ1n) is 5.98. The van der Waals surface area contributed by atoms with E-state index in [1.165, 1.54) is 11.6 Å². The first-order valence-corrected chi connectivity index (χ1v) is 5.98. The van der Waals surface area contributed by atoms with Crippen LogP contribution in [0.4, 0.5) is 10.1 Å². The fourth-order valence-electron chi connectivity index (χ4n) is 2.17. The predicted molar refractivity (Wildman–Crippen MR) is 69.4 cm³/mol. The number of aryl methyl sites for hydroxylation is 1. The molecule has 92 valence electrons. The third-order valence-corrected chi connectivity index (χ3v) is 3.12. The number of ether oxygens (including phenoxy) is 1. The summed E-state index contributed by atoms with van der Waals surface area (Å²) in [7, 11) is 0. The van der Waals surface area contributed by atoms with Crippen molar-refractivity contribution in [3.8, 4) is 5.75 Å². The molecule has 1 N–H and O–H groups in total. The molecule has 1 heterocycles. The van der Waals surface area contributed by atoms with Gasteiger partial charge in [-0.1, -0.05) is 18.2 Å². The second-order valence-corrected chi connectivity index (χ2v) is 4.56. The van der Waals surface area contributed by atoms with E-state index in [0.717, 1.165) is 17.0 Å². The van der Waals surface area contributed by atoms with Crippen molar-refractivity contribution < 1.29 is 9.13 Å². The molecule has 1 aliphatic heterocycles. The van der Waals surface area contributed by atoms with Gasteiger partial charge in [0.25, 0.3) is 0 Å². The molecule has 0 saturated heterocycles. The van der Waals surface area contributed by atoms with Gasteiger partial charge in [-0.2, -0.15) is 0 Å². The largest absolute Gasteiger partial charge is 0.489 e. The topological polar surface area (TPSA) is 21.3 Å². The van der Waals surface area contributed by atoms with Crippen molar-refractivity contribution in [1.29, 1.82) is 0 Å². The smallest absolute Gasteiger partial charge is 0.142 e. The molecule has 2 nitrogen and oxygen atoms in total. The van der Waals surface area contributed by atoms with Crippen molar-refractivity contribution in [1.82, 2.24) is 0 Å². The summed E-state index contributed by atoms with van der Waals surface area (Å²) in [6, 6.07) is 12.6. The van der Waals surface area contributed by atoms with E-state index in [1.807, 2.05) is 31.2 Å². The molecular weight excluding hydrogens is 229 g/mol. The lowest BCUT2D eigenvalue weighted by molar-refractivity contribution is 0.286. The van der Waals surface area contributed by atoms with Gasteiger partial charge in [0.15, 0.2) is 0 Å². The molecule has 1 atom stereocenters. The Labute approximate surface area is 105 Å². The summed E-state index contributed by atoms with van der Waals surface area (Å²) in [5, 5.41) is 3.38. The Bertz CT molecular complexity index is 582. The van der Waals surface area contributed by atoms with Crippen LogP contribution in [0, 0.1) is 12.7 Å². The van der Waals surface area contributed by atoms with Gasteiger partial charge in [-0.05, 0) is 42.3 Å². The van der Waals surface area contributed by atoms with E-state index >= 15 is 0 Å². The third kappa shape index (κ3) is 2.04. The van der Waals surface area contributed by atoms with E-state index in [0.29, 0.717) is 6.61 Å². The number of rotatable bonds is 1. The van der Waals surface area contributed by atoms with Gasteiger partial charge in [-0.3, -0.25) is 0 Å². The summed E-state index contributed by atoms with van der Waals surface area (Å²) in [6.45, 7) is 2.54. The zero-order chi connectivity index (χ0) is 12.5. The van der Waals surface area contributed by atoms with Crippen LogP contribution in [-0.2, 0) is 0 Å². The normalized spacial score (nSPS) is 17.6. The van der Waals surface area contributed by atoms with E-state index in [1.54, 1.807) is 12.1 Å². The summed E-state index contributed by atoms with van der Waals surface area (Å²) in [4.78, 5) is 0. The van der Waals surface area contributed by atoms with Crippen molar-refractivity contribution in [2.24, 2.45) is 0 Å². The number of nitrogens with one attached hydrogen (secondary N) is 1. The number of fused-ring (bicyclic) bond motifs is 1. The van der Waals surface area contributed by atoms with Gasteiger partial charge in [0.1, 0.15) is 18.2 Å². The van der Waals surface area contributed by atoms with Crippen molar-refractivity contribution in [2.45, 2.75) is 13.0 Å². The Morgan fingerprint density at radius 2 is 2.11 bits per heavy atom. The van der Waals surface area contributed by atoms with Gasteiger partial charge in [0.05, 0.1) is 11.7 Å². The van der Waals surface area contributed by atoms with E-state index in [9.17, 15) is 4.39 Å². The summed E-state index contributed by atoms with van der Waals surface area (Å²) < 4.78 is 18.9. The van der Waals surface area contributed by atoms with Crippen LogP contribution in [-0.4, -0.2) is 6.61 Å². The lowest BCUT2D eigenvalue weighted by Crippen LogP contribution is -2.24. The van der Waals surface area contributed by atoms with Crippen LogP contribution in [0.15, 0.2) is 42.5 Å². The number of hydrogen-bond donors (Lipinski definition) is 1. The molecule has 3 rings (SSSR count). The molecular formula is C15H14FNO. The Morgan fingerprint density at radius 3 is 2.94 bits per heavy atom. The highest BCUT2D eigenvalue weighted by Crippen LogP contribution is 2.34. The monoisotopic (exact) mass is 243 g/mol. The van der Waals surface area contributed by atoms with E-state index in [-0.39, 0.29) is 11.9 Å². The average molecular weight is 243 g/mol. The van der Waals surface area contributed by atoms with Gasteiger partial charge in [-0.15, -0.1) is 0 Å². The number of hydrogen-bond acceptors (Lipinski definition) is 2. The van der Waals surface area contributed by atoms with Crippen LogP contribution in [0.3, 0.4) is 0 Å². The van der Waals surface area contributed by atoms with E-state index in [4.69, 9.17) is 4.74 Å². The highest BCUT2D eigenvalue weighted by molar-refractivity contribution is 5.60. The first kappa shape index (κ1) is 11.1. The quantitative estimate of drug-likeness (QED) is 0.825. The lowest BCUT2D eigenvalue weighted by atomic mass is 10.1. The molecule has 18 heavy (non-hydrogen) atoms. The maximum atomic E-state index is 13.2. The highest BCUT2D eigenvalue weighted by atomic mass is 19.1. The van der Waals surface area contributed by atoms with Crippen molar-refractivity contribution >= 4 is 5.69 Å². The molecule has 3 heteroatoms. The number of benzene rings is 2. The third-order valence-electron chi connectivity index (χ3n) is 3.12. The predicted octanol–water partition coefficient (Wildman–Crippen LogP) is 3.68. The molecule has 0 bridgehead atoms. The van der Waals surface area contributed by atoms with Crippen molar-refractivity contribution in [3.05, 3.63) is 59.4 Å². The Hall–Kier alpha value is -2.03. The number of anilines is 1. The second kappa shape index (κ2) is 4.33. The van der Waals surface area contributed by atoms with Crippen LogP contribution in [0.2, 0.25) is 0 Å². The number of halogens is 1. The average Bonchev–Trinajstić information content (AvgIpc) is 2.38. The second-order valence-electron chi connectivity index (χ2n) is 4.56. The minimum absolute atomic E-state index is 0.00379. The molecule has 0 aliphatic carbocycles. The van der Waals surface area contributed by atoms with Gasteiger partial charge in [0, 0.05) is 0 Å². The lowest BCUT2D eigenvalue weighted by Gasteiger charge is -2.28. The van der Waals surface area contributed by atoms with E-state index in [2.05, 4.69) is 5.32 Å². The standard InChI is InChI=1S/C15H14FNO/c1-10-5-6-13-15(7-10)18-9-14(17-13)11-3-2-4-12(16)8-11/h2-8,14,17H,9H2,1H3/t14-/m0/s1. The SMILES string of the molecule is Cc1ccc2c(c1)OC[C@@H](c1cccc(F)c1)N2. The Balaban J connectivity index is 1.89. The molecule has 1 aliphatic rings. The molecule has 0 amide bonds.